The molecule has 0 bridgehead atoms. The van der Waals surface area contributed by atoms with E-state index in [4.69, 9.17) is 9.47 Å². The number of amides is 1. The van der Waals surface area contributed by atoms with Gasteiger partial charge in [-0.05, 0) is 62.1 Å². The number of carbonyl (C=O) groups is 1. The van der Waals surface area contributed by atoms with Crippen molar-refractivity contribution >= 4 is 21.6 Å². The van der Waals surface area contributed by atoms with Crippen LogP contribution in [-0.2, 0) is 21.2 Å². The first-order chi connectivity index (χ1) is 14.8. The van der Waals surface area contributed by atoms with E-state index in [2.05, 4.69) is 5.32 Å². The van der Waals surface area contributed by atoms with E-state index in [0.717, 1.165) is 24.2 Å². The van der Waals surface area contributed by atoms with Crippen LogP contribution in [0, 0.1) is 0 Å². The van der Waals surface area contributed by atoms with Crippen molar-refractivity contribution in [2.24, 2.45) is 0 Å². The molecule has 0 fully saturated rings. The fourth-order valence-electron chi connectivity index (χ4n) is 3.25. The molecular weight excluding hydrogens is 416 g/mol. The Hall–Kier alpha value is -2.74. The van der Waals surface area contributed by atoms with Crippen molar-refractivity contribution in [3.63, 3.8) is 0 Å². The molecule has 0 atom stereocenters. The van der Waals surface area contributed by atoms with E-state index in [-0.39, 0.29) is 18.9 Å². The molecule has 1 N–H and O–H groups in total. The molecule has 2 aromatic carbocycles. The predicted molar refractivity (Wildman–Crippen MR) is 123 cm³/mol. The Morgan fingerprint density at radius 3 is 2.42 bits per heavy atom. The number of sulfonamides is 1. The topological polar surface area (TPSA) is 84.9 Å². The van der Waals surface area contributed by atoms with Crippen molar-refractivity contribution in [2.45, 2.75) is 32.6 Å². The summed E-state index contributed by atoms with van der Waals surface area (Å²) in [4.78, 5) is 12.1. The maximum atomic E-state index is 12.2. The number of nitrogens with one attached hydrogen (secondary N) is 1. The van der Waals surface area contributed by atoms with Gasteiger partial charge in [0.2, 0.25) is 15.9 Å². The van der Waals surface area contributed by atoms with Crippen LogP contribution in [0.15, 0.2) is 48.5 Å². The first-order valence-electron chi connectivity index (χ1n) is 10.4. The summed E-state index contributed by atoms with van der Waals surface area (Å²) in [5, 5.41) is 2.90. The fraction of sp³-hybridized carbons (Fsp3) is 0.435. The van der Waals surface area contributed by atoms with Crippen LogP contribution in [0.4, 0.5) is 5.69 Å². The Bertz CT molecular complexity index is 929. The number of hydrogen-bond acceptors (Lipinski definition) is 5. The summed E-state index contributed by atoms with van der Waals surface area (Å²) in [6.07, 6.45) is 3.47. The molecular formula is C23H32N2O5S. The Labute approximate surface area is 185 Å². The number of methoxy groups -OCH3 is 1. The number of hydrogen-bond donors (Lipinski definition) is 1. The van der Waals surface area contributed by atoms with Crippen molar-refractivity contribution in [3.8, 4) is 11.5 Å². The minimum Gasteiger partial charge on any atom is -0.496 e. The molecule has 8 heteroatoms. The lowest BCUT2D eigenvalue weighted by Crippen LogP contribution is -2.32. The van der Waals surface area contributed by atoms with Crippen LogP contribution in [0.3, 0.4) is 0 Å². The molecule has 0 unspecified atom stereocenters. The minimum absolute atomic E-state index is 0.0832. The molecule has 0 spiro atoms. The number of ether oxygens (including phenoxy) is 2. The monoisotopic (exact) mass is 448 g/mol. The van der Waals surface area contributed by atoms with Crippen LogP contribution < -0.4 is 19.1 Å². The maximum Gasteiger partial charge on any atom is 0.232 e. The van der Waals surface area contributed by atoms with Gasteiger partial charge >= 0.3 is 0 Å². The second kappa shape index (κ2) is 12.2. The molecule has 0 aliphatic carbocycles. The molecule has 0 aliphatic rings. The van der Waals surface area contributed by atoms with Crippen molar-refractivity contribution in [2.75, 3.05) is 37.4 Å². The first-order valence-corrected chi connectivity index (χ1v) is 12.3. The van der Waals surface area contributed by atoms with Crippen LogP contribution in [0.1, 0.15) is 31.7 Å². The SMILES string of the molecule is CCOc1ccc(N(CCCC(=O)NCCCc2ccccc2OC)S(C)(=O)=O)cc1. The molecule has 0 aliphatic heterocycles. The van der Waals surface area contributed by atoms with E-state index < -0.39 is 10.0 Å². The van der Waals surface area contributed by atoms with E-state index in [1.807, 2.05) is 31.2 Å². The zero-order valence-electron chi connectivity index (χ0n) is 18.5. The van der Waals surface area contributed by atoms with E-state index >= 15 is 0 Å². The first kappa shape index (κ1) is 24.5. The molecule has 0 radical (unpaired) electrons. The van der Waals surface area contributed by atoms with Gasteiger partial charge in [-0.3, -0.25) is 9.10 Å². The fourth-order valence-corrected chi connectivity index (χ4v) is 4.21. The summed E-state index contributed by atoms with van der Waals surface area (Å²) < 4.78 is 36.4. The Morgan fingerprint density at radius 1 is 1.06 bits per heavy atom. The van der Waals surface area contributed by atoms with Gasteiger partial charge in [-0.2, -0.15) is 0 Å². The zero-order valence-corrected chi connectivity index (χ0v) is 19.3. The van der Waals surface area contributed by atoms with E-state index in [0.29, 0.717) is 31.0 Å². The third kappa shape index (κ3) is 8.13. The summed E-state index contributed by atoms with van der Waals surface area (Å²) in [7, 11) is -1.80. The number of carbonyl (C=O) groups excluding carboxylic acids is 1. The second-order valence-corrected chi connectivity index (χ2v) is 9.04. The number of benzene rings is 2. The molecule has 0 heterocycles. The molecule has 31 heavy (non-hydrogen) atoms. The molecule has 2 aromatic rings. The summed E-state index contributed by atoms with van der Waals surface area (Å²) in [6.45, 7) is 3.23. The second-order valence-electron chi connectivity index (χ2n) is 7.13. The largest absolute Gasteiger partial charge is 0.496 e. The molecule has 2 rings (SSSR count). The smallest absolute Gasteiger partial charge is 0.232 e. The average molecular weight is 449 g/mol. The highest BCUT2D eigenvalue weighted by atomic mass is 32.2. The Balaban J connectivity index is 1.78. The molecule has 1 amide bonds. The summed E-state index contributed by atoms with van der Waals surface area (Å²) in [5.74, 6) is 1.45. The highest BCUT2D eigenvalue weighted by Gasteiger charge is 2.17. The number of para-hydroxylation sites is 1. The average Bonchev–Trinajstić information content (AvgIpc) is 2.75. The van der Waals surface area contributed by atoms with Crippen LogP contribution in [0.5, 0.6) is 11.5 Å². The predicted octanol–water partition coefficient (Wildman–Crippen LogP) is 3.39. The van der Waals surface area contributed by atoms with E-state index in [9.17, 15) is 13.2 Å². The molecule has 0 aromatic heterocycles. The molecule has 170 valence electrons. The molecule has 0 saturated carbocycles. The third-order valence-electron chi connectivity index (χ3n) is 4.74. The summed E-state index contributed by atoms with van der Waals surface area (Å²) in [5.41, 5.74) is 1.67. The van der Waals surface area contributed by atoms with Gasteiger partial charge in [0.25, 0.3) is 0 Å². The Kier molecular flexibility index (Phi) is 9.65. The van der Waals surface area contributed by atoms with Gasteiger partial charge < -0.3 is 14.8 Å². The van der Waals surface area contributed by atoms with Crippen LogP contribution in [0.25, 0.3) is 0 Å². The van der Waals surface area contributed by atoms with Crippen molar-refractivity contribution in [1.29, 1.82) is 0 Å². The number of anilines is 1. The lowest BCUT2D eigenvalue weighted by atomic mass is 10.1. The zero-order chi connectivity index (χ0) is 22.7. The van der Waals surface area contributed by atoms with Gasteiger partial charge in [0, 0.05) is 19.5 Å². The van der Waals surface area contributed by atoms with Gasteiger partial charge in [-0.15, -0.1) is 0 Å². The number of aryl methyl sites for hydroxylation is 1. The molecule has 7 nitrogen and oxygen atoms in total. The summed E-state index contributed by atoms with van der Waals surface area (Å²) in [6, 6.07) is 14.7. The van der Waals surface area contributed by atoms with Crippen molar-refractivity contribution in [1.82, 2.24) is 5.32 Å². The normalized spacial score (nSPS) is 11.1. The lowest BCUT2D eigenvalue weighted by Gasteiger charge is -2.22. The summed E-state index contributed by atoms with van der Waals surface area (Å²) >= 11 is 0. The van der Waals surface area contributed by atoms with Crippen LogP contribution >= 0.6 is 0 Å². The van der Waals surface area contributed by atoms with Gasteiger partial charge in [-0.25, -0.2) is 8.42 Å². The van der Waals surface area contributed by atoms with Crippen LogP contribution in [-0.4, -0.2) is 47.4 Å². The van der Waals surface area contributed by atoms with E-state index in [1.165, 1.54) is 10.6 Å². The van der Waals surface area contributed by atoms with Crippen molar-refractivity contribution in [3.05, 3.63) is 54.1 Å². The van der Waals surface area contributed by atoms with E-state index in [1.54, 1.807) is 31.4 Å². The highest BCUT2D eigenvalue weighted by Crippen LogP contribution is 2.22. The highest BCUT2D eigenvalue weighted by molar-refractivity contribution is 7.92. The van der Waals surface area contributed by atoms with Gasteiger partial charge in [0.15, 0.2) is 0 Å². The van der Waals surface area contributed by atoms with Gasteiger partial charge in [0.05, 0.1) is 25.7 Å². The maximum absolute atomic E-state index is 12.2. The third-order valence-corrected chi connectivity index (χ3v) is 5.93. The quantitative estimate of drug-likeness (QED) is 0.475. The Morgan fingerprint density at radius 2 is 1.77 bits per heavy atom. The van der Waals surface area contributed by atoms with Crippen LogP contribution in [0.2, 0.25) is 0 Å². The number of nitrogens with zero attached hydrogens (tertiary/aromatic N) is 1. The van der Waals surface area contributed by atoms with Gasteiger partial charge in [-0.1, -0.05) is 18.2 Å². The molecule has 0 saturated heterocycles. The number of rotatable bonds is 13. The van der Waals surface area contributed by atoms with Crippen molar-refractivity contribution < 1.29 is 22.7 Å². The van der Waals surface area contributed by atoms with Gasteiger partial charge in [0.1, 0.15) is 11.5 Å². The minimum atomic E-state index is -3.45. The lowest BCUT2D eigenvalue weighted by molar-refractivity contribution is -0.121. The standard InChI is InChI=1S/C23H32N2O5S/c1-4-30-21-15-13-20(14-16-21)25(31(3,27)28)18-8-12-23(26)24-17-7-10-19-9-5-6-11-22(19)29-2/h5-6,9,11,13-16H,4,7-8,10,12,17-18H2,1-3H3,(H,24,26).